The molecule has 0 radical (unpaired) electrons. The summed E-state index contributed by atoms with van der Waals surface area (Å²) in [7, 11) is 0. The zero-order valence-electron chi connectivity index (χ0n) is 18.9. The van der Waals surface area contributed by atoms with Gasteiger partial charge in [0.05, 0.1) is 11.4 Å². The lowest BCUT2D eigenvalue weighted by Gasteiger charge is -2.32. The van der Waals surface area contributed by atoms with Crippen LogP contribution >= 0.6 is 0 Å². The summed E-state index contributed by atoms with van der Waals surface area (Å²) < 4.78 is 1.98. The van der Waals surface area contributed by atoms with Crippen LogP contribution < -0.4 is 10.6 Å². The number of aryl methyl sites for hydroxylation is 2. The molecule has 30 heavy (non-hydrogen) atoms. The van der Waals surface area contributed by atoms with Crippen molar-refractivity contribution in [3.63, 3.8) is 0 Å². The molecule has 0 unspecified atom stereocenters. The molecule has 0 saturated carbocycles. The van der Waals surface area contributed by atoms with Gasteiger partial charge in [0, 0.05) is 38.4 Å². The highest BCUT2D eigenvalue weighted by Crippen LogP contribution is 2.14. The fourth-order valence-corrected chi connectivity index (χ4v) is 4.05. The van der Waals surface area contributed by atoms with E-state index in [0.717, 1.165) is 43.3 Å². The molecule has 6 nitrogen and oxygen atoms in total. The standard InChI is InChI=1S/C24H38N6/c1-4-16-29-17-13-22(14-18-29)27-24(25-5-2)26-15-9-10-21-19-30(28-20(21)3)23-11-7-6-8-12-23/h6-8,11-12,19,22H,4-5,9-10,13-18H2,1-3H3,(H2,25,26,27). The number of nitrogens with zero attached hydrogens (tertiary/aromatic N) is 4. The quantitative estimate of drug-likeness (QED) is 0.377. The maximum absolute atomic E-state index is 4.83. The lowest BCUT2D eigenvalue weighted by Crippen LogP contribution is -2.48. The normalized spacial score (nSPS) is 16.0. The molecule has 0 atom stereocenters. The lowest BCUT2D eigenvalue weighted by molar-refractivity contribution is 0.206. The first kappa shape index (κ1) is 22.3. The Bertz CT molecular complexity index is 774. The van der Waals surface area contributed by atoms with E-state index >= 15 is 0 Å². The molecule has 6 heteroatoms. The van der Waals surface area contributed by atoms with Crippen molar-refractivity contribution < 1.29 is 0 Å². The van der Waals surface area contributed by atoms with Crippen LogP contribution in [0.4, 0.5) is 0 Å². The van der Waals surface area contributed by atoms with Gasteiger partial charge in [-0.2, -0.15) is 5.10 Å². The highest BCUT2D eigenvalue weighted by Gasteiger charge is 2.19. The predicted octanol–water partition coefficient (Wildman–Crippen LogP) is 3.54. The van der Waals surface area contributed by atoms with Crippen LogP contribution in [0.5, 0.6) is 0 Å². The summed E-state index contributed by atoms with van der Waals surface area (Å²) in [6.07, 6.45) is 7.81. The topological polar surface area (TPSA) is 57.5 Å². The van der Waals surface area contributed by atoms with Crippen LogP contribution in [0.25, 0.3) is 5.69 Å². The summed E-state index contributed by atoms with van der Waals surface area (Å²) in [6, 6.07) is 10.8. The van der Waals surface area contributed by atoms with Crippen molar-refractivity contribution in [2.45, 2.75) is 58.9 Å². The third-order valence-electron chi connectivity index (χ3n) is 5.71. The van der Waals surface area contributed by atoms with E-state index in [2.05, 4.69) is 59.7 Å². The molecule has 1 aromatic heterocycles. The van der Waals surface area contributed by atoms with Gasteiger partial charge in [-0.1, -0.05) is 25.1 Å². The van der Waals surface area contributed by atoms with Crippen molar-refractivity contribution in [3.8, 4) is 5.69 Å². The van der Waals surface area contributed by atoms with E-state index in [9.17, 15) is 0 Å². The monoisotopic (exact) mass is 410 g/mol. The smallest absolute Gasteiger partial charge is 0.191 e. The molecule has 164 valence electrons. The molecule has 1 aliphatic heterocycles. The number of rotatable bonds is 9. The largest absolute Gasteiger partial charge is 0.357 e. The molecule has 1 aromatic carbocycles. The number of likely N-dealkylation sites (tertiary alicyclic amines) is 1. The summed E-state index contributed by atoms with van der Waals surface area (Å²) in [6.45, 7) is 11.8. The Morgan fingerprint density at radius 1 is 1.17 bits per heavy atom. The van der Waals surface area contributed by atoms with Crippen molar-refractivity contribution in [2.75, 3.05) is 32.7 Å². The number of hydrogen-bond acceptors (Lipinski definition) is 3. The zero-order chi connectivity index (χ0) is 21.2. The van der Waals surface area contributed by atoms with E-state index in [0.29, 0.717) is 6.04 Å². The predicted molar refractivity (Wildman–Crippen MR) is 125 cm³/mol. The van der Waals surface area contributed by atoms with Gasteiger partial charge in [0.15, 0.2) is 5.96 Å². The summed E-state index contributed by atoms with van der Waals surface area (Å²) >= 11 is 0. The molecule has 1 aliphatic rings. The zero-order valence-corrected chi connectivity index (χ0v) is 18.9. The third kappa shape index (κ3) is 6.59. The van der Waals surface area contributed by atoms with Gasteiger partial charge < -0.3 is 15.5 Å². The molecule has 2 heterocycles. The van der Waals surface area contributed by atoms with E-state index in [1.807, 2.05) is 22.9 Å². The first-order valence-electron chi connectivity index (χ1n) is 11.6. The summed E-state index contributed by atoms with van der Waals surface area (Å²) in [5.41, 5.74) is 3.51. The summed E-state index contributed by atoms with van der Waals surface area (Å²) in [4.78, 5) is 7.40. The van der Waals surface area contributed by atoms with Gasteiger partial charge in [-0.25, -0.2) is 4.68 Å². The van der Waals surface area contributed by atoms with Crippen LogP contribution in [0.2, 0.25) is 0 Å². The lowest BCUT2D eigenvalue weighted by atomic mass is 10.1. The minimum atomic E-state index is 0.530. The number of hydrogen-bond donors (Lipinski definition) is 2. The Labute approximate surface area is 181 Å². The second-order valence-electron chi connectivity index (χ2n) is 8.14. The van der Waals surface area contributed by atoms with Gasteiger partial charge in [0.1, 0.15) is 0 Å². The number of nitrogens with one attached hydrogen (secondary N) is 2. The number of aromatic nitrogens is 2. The van der Waals surface area contributed by atoms with E-state index in [1.165, 1.54) is 44.5 Å². The Balaban J connectivity index is 1.47. The molecular formula is C24H38N6. The molecule has 2 N–H and O–H groups in total. The van der Waals surface area contributed by atoms with Gasteiger partial charge in [-0.3, -0.25) is 4.99 Å². The second-order valence-corrected chi connectivity index (χ2v) is 8.14. The second kappa shape index (κ2) is 11.7. The van der Waals surface area contributed by atoms with Gasteiger partial charge >= 0.3 is 0 Å². The summed E-state index contributed by atoms with van der Waals surface area (Å²) in [5.74, 6) is 0.961. The molecule has 0 aliphatic carbocycles. The average molecular weight is 411 g/mol. The van der Waals surface area contributed by atoms with Crippen LogP contribution in [-0.2, 0) is 6.42 Å². The van der Waals surface area contributed by atoms with Crippen LogP contribution in [0.1, 0.15) is 50.8 Å². The molecule has 2 aromatic rings. The molecule has 1 fully saturated rings. The highest BCUT2D eigenvalue weighted by molar-refractivity contribution is 5.80. The van der Waals surface area contributed by atoms with Gasteiger partial charge in [-0.15, -0.1) is 0 Å². The molecule has 0 bridgehead atoms. The van der Waals surface area contributed by atoms with Crippen molar-refractivity contribution in [2.24, 2.45) is 4.99 Å². The summed E-state index contributed by atoms with van der Waals surface area (Å²) in [5, 5.41) is 11.7. The van der Waals surface area contributed by atoms with E-state index < -0.39 is 0 Å². The highest BCUT2D eigenvalue weighted by atomic mass is 15.3. The Kier molecular flexibility index (Phi) is 8.75. The maximum Gasteiger partial charge on any atom is 0.191 e. The fourth-order valence-electron chi connectivity index (χ4n) is 4.05. The molecule has 3 rings (SSSR count). The van der Waals surface area contributed by atoms with Gasteiger partial charge in [0.2, 0.25) is 0 Å². The minimum Gasteiger partial charge on any atom is -0.357 e. The van der Waals surface area contributed by atoms with E-state index in [-0.39, 0.29) is 0 Å². The van der Waals surface area contributed by atoms with Crippen LogP contribution in [0, 0.1) is 6.92 Å². The van der Waals surface area contributed by atoms with Gasteiger partial charge in [-0.05, 0) is 70.2 Å². The van der Waals surface area contributed by atoms with E-state index in [1.54, 1.807) is 0 Å². The molecule has 0 amide bonds. The first-order chi connectivity index (χ1) is 14.7. The van der Waals surface area contributed by atoms with Crippen molar-refractivity contribution in [1.82, 2.24) is 25.3 Å². The average Bonchev–Trinajstić information content (AvgIpc) is 3.14. The Morgan fingerprint density at radius 3 is 2.63 bits per heavy atom. The third-order valence-corrected chi connectivity index (χ3v) is 5.71. The number of para-hydroxylation sites is 1. The van der Waals surface area contributed by atoms with Crippen molar-refractivity contribution in [1.29, 1.82) is 0 Å². The SMILES string of the molecule is CCCN1CCC(NC(=NCCCc2cn(-c3ccccc3)nc2C)NCC)CC1. The van der Waals surface area contributed by atoms with Crippen LogP contribution in [0.3, 0.4) is 0 Å². The molecular weight excluding hydrogens is 372 g/mol. The minimum absolute atomic E-state index is 0.530. The Hall–Kier alpha value is -2.34. The first-order valence-corrected chi connectivity index (χ1v) is 11.6. The van der Waals surface area contributed by atoms with Crippen molar-refractivity contribution in [3.05, 3.63) is 47.8 Å². The van der Waals surface area contributed by atoms with Crippen LogP contribution in [0.15, 0.2) is 41.5 Å². The number of benzene rings is 1. The van der Waals surface area contributed by atoms with Crippen LogP contribution in [-0.4, -0.2) is 59.4 Å². The molecule has 0 spiro atoms. The number of piperidine rings is 1. The maximum atomic E-state index is 4.83. The van der Waals surface area contributed by atoms with E-state index in [4.69, 9.17) is 4.99 Å². The molecule has 1 saturated heterocycles. The fraction of sp³-hybridized carbons (Fsp3) is 0.583. The number of aliphatic imine (C=N–C) groups is 1. The van der Waals surface area contributed by atoms with Gasteiger partial charge in [0.25, 0.3) is 0 Å². The number of guanidine groups is 1. The Morgan fingerprint density at radius 2 is 1.93 bits per heavy atom. The van der Waals surface area contributed by atoms with Crippen molar-refractivity contribution >= 4 is 5.96 Å².